The predicted molar refractivity (Wildman–Crippen MR) is 130 cm³/mol. The van der Waals surface area contributed by atoms with Gasteiger partial charge in [0.25, 0.3) is 11.1 Å². The molecule has 34 heavy (non-hydrogen) atoms. The second kappa shape index (κ2) is 9.50. The Kier molecular flexibility index (Phi) is 7.07. The number of benzene rings is 1. The van der Waals surface area contributed by atoms with Crippen LogP contribution in [-0.4, -0.2) is 51.8 Å². The van der Waals surface area contributed by atoms with Crippen LogP contribution >= 0.6 is 11.8 Å². The van der Waals surface area contributed by atoms with Gasteiger partial charge in [0.1, 0.15) is 12.1 Å². The number of hydrogen-bond acceptors (Lipinski definition) is 7. The number of hydrogen-bond donors (Lipinski definition) is 0. The smallest absolute Gasteiger partial charge is 0.337 e. The molecule has 2 heterocycles. The second-order valence-electron chi connectivity index (χ2n) is 9.01. The second-order valence-corrected chi connectivity index (χ2v) is 10.0. The van der Waals surface area contributed by atoms with E-state index in [9.17, 15) is 19.2 Å². The number of thioether (sulfide) groups is 1. The van der Waals surface area contributed by atoms with E-state index in [1.54, 1.807) is 39.0 Å². The Morgan fingerprint density at radius 3 is 2.35 bits per heavy atom. The molecule has 0 atom stereocenters. The highest BCUT2D eigenvalue weighted by Gasteiger charge is 2.37. The number of ether oxygens (including phenoxy) is 2. The van der Waals surface area contributed by atoms with Gasteiger partial charge in [-0.2, -0.15) is 0 Å². The van der Waals surface area contributed by atoms with E-state index in [-0.39, 0.29) is 4.91 Å². The van der Waals surface area contributed by atoms with Gasteiger partial charge < -0.3 is 14.0 Å². The third-order valence-electron chi connectivity index (χ3n) is 5.20. The summed E-state index contributed by atoms with van der Waals surface area (Å²) in [5.41, 5.74) is 4.09. The van der Waals surface area contributed by atoms with Crippen molar-refractivity contribution < 1.29 is 28.7 Å². The van der Waals surface area contributed by atoms with Crippen LogP contribution < -0.4 is 0 Å². The summed E-state index contributed by atoms with van der Waals surface area (Å²) in [4.78, 5) is 50.3. The molecule has 0 N–H and O–H groups in total. The largest absolute Gasteiger partial charge is 0.465 e. The predicted octanol–water partition coefficient (Wildman–Crippen LogP) is 4.57. The van der Waals surface area contributed by atoms with Crippen molar-refractivity contribution in [1.82, 2.24) is 9.47 Å². The van der Waals surface area contributed by atoms with E-state index in [4.69, 9.17) is 9.47 Å². The zero-order valence-electron chi connectivity index (χ0n) is 20.3. The van der Waals surface area contributed by atoms with Gasteiger partial charge in [-0.3, -0.25) is 19.3 Å². The van der Waals surface area contributed by atoms with Crippen molar-refractivity contribution in [3.8, 4) is 5.69 Å². The van der Waals surface area contributed by atoms with Crippen LogP contribution in [0, 0.1) is 20.8 Å². The number of imide groups is 1. The van der Waals surface area contributed by atoms with Gasteiger partial charge in [-0.1, -0.05) is 0 Å². The maximum absolute atomic E-state index is 12.8. The summed E-state index contributed by atoms with van der Waals surface area (Å²) in [5, 5.41) is -0.509. The molecule has 9 heteroatoms. The molecule has 0 bridgehead atoms. The molecular weight excluding hydrogens is 456 g/mol. The molecule has 3 rings (SSSR count). The van der Waals surface area contributed by atoms with Gasteiger partial charge >= 0.3 is 11.9 Å². The van der Waals surface area contributed by atoms with Crippen LogP contribution in [0.3, 0.4) is 0 Å². The first-order valence-electron chi connectivity index (χ1n) is 10.7. The minimum atomic E-state index is -0.709. The highest BCUT2D eigenvalue weighted by atomic mass is 32.2. The van der Waals surface area contributed by atoms with Crippen molar-refractivity contribution >= 4 is 40.9 Å². The number of amides is 2. The fourth-order valence-electron chi connectivity index (χ4n) is 3.74. The van der Waals surface area contributed by atoms with E-state index in [2.05, 4.69) is 0 Å². The van der Waals surface area contributed by atoms with Crippen LogP contribution in [0.4, 0.5) is 4.79 Å². The van der Waals surface area contributed by atoms with Gasteiger partial charge in [-0.15, -0.1) is 0 Å². The minimum absolute atomic E-state index is 0.242. The minimum Gasteiger partial charge on any atom is -0.465 e. The lowest BCUT2D eigenvalue weighted by atomic mass is 10.1. The van der Waals surface area contributed by atoms with Crippen molar-refractivity contribution in [2.24, 2.45) is 0 Å². The SMILES string of the molecule is COC(=O)c1ccc(-n2c(C)cc(C=C3SC(=O)N(CC(=O)OC(C)(C)C)C3=O)c2C)c(C)c1. The van der Waals surface area contributed by atoms with Gasteiger partial charge in [0.05, 0.1) is 17.6 Å². The quantitative estimate of drug-likeness (QED) is 0.453. The summed E-state index contributed by atoms with van der Waals surface area (Å²) in [6.07, 6.45) is 1.66. The van der Waals surface area contributed by atoms with E-state index in [0.717, 1.165) is 44.9 Å². The molecular formula is C25H28N2O6S. The first-order valence-corrected chi connectivity index (χ1v) is 11.5. The Morgan fingerprint density at radius 2 is 1.76 bits per heavy atom. The van der Waals surface area contributed by atoms with E-state index in [0.29, 0.717) is 5.56 Å². The fourth-order valence-corrected chi connectivity index (χ4v) is 4.57. The number of esters is 2. The van der Waals surface area contributed by atoms with Crippen molar-refractivity contribution in [1.29, 1.82) is 0 Å². The topological polar surface area (TPSA) is 94.9 Å². The average molecular weight is 485 g/mol. The number of rotatable bonds is 5. The molecule has 0 unspecified atom stereocenters. The number of methoxy groups -OCH3 is 1. The van der Waals surface area contributed by atoms with Crippen LogP contribution in [0.5, 0.6) is 0 Å². The van der Waals surface area contributed by atoms with Crippen molar-refractivity contribution in [3.05, 3.63) is 57.2 Å². The molecule has 1 saturated heterocycles. The van der Waals surface area contributed by atoms with Gasteiger partial charge in [0.15, 0.2) is 0 Å². The molecule has 0 spiro atoms. The number of carbonyl (C=O) groups is 4. The van der Waals surface area contributed by atoms with Crippen LogP contribution in [0.1, 0.15) is 53.6 Å². The van der Waals surface area contributed by atoms with Crippen molar-refractivity contribution in [2.75, 3.05) is 13.7 Å². The zero-order valence-corrected chi connectivity index (χ0v) is 21.2. The lowest BCUT2D eigenvalue weighted by Gasteiger charge is -2.21. The summed E-state index contributed by atoms with van der Waals surface area (Å²) >= 11 is 0.797. The number of aromatic nitrogens is 1. The average Bonchev–Trinajstić information content (AvgIpc) is 3.15. The summed E-state index contributed by atoms with van der Waals surface area (Å²) in [6, 6.07) is 7.24. The number of nitrogens with zero attached hydrogens (tertiary/aromatic N) is 2. The zero-order chi connectivity index (χ0) is 25.4. The van der Waals surface area contributed by atoms with E-state index in [1.165, 1.54) is 7.11 Å². The first-order chi connectivity index (χ1) is 15.8. The molecule has 1 aliphatic heterocycles. The highest BCUT2D eigenvalue weighted by Crippen LogP contribution is 2.34. The van der Waals surface area contributed by atoms with Crippen LogP contribution in [0.2, 0.25) is 0 Å². The Balaban J connectivity index is 1.89. The van der Waals surface area contributed by atoms with Gasteiger partial charge in [-0.25, -0.2) is 4.79 Å². The summed E-state index contributed by atoms with van der Waals surface area (Å²) in [5.74, 6) is -1.57. The Labute approximate surface area is 202 Å². The molecule has 180 valence electrons. The Hall–Kier alpha value is -3.33. The lowest BCUT2D eigenvalue weighted by molar-refractivity contribution is -0.156. The molecule has 1 aromatic heterocycles. The monoisotopic (exact) mass is 484 g/mol. The maximum atomic E-state index is 12.8. The first kappa shape index (κ1) is 25.3. The van der Waals surface area contributed by atoms with Crippen molar-refractivity contribution in [2.45, 2.75) is 47.1 Å². The molecule has 1 fully saturated rings. The normalized spacial score (nSPS) is 15.3. The fraction of sp³-hybridized carbons (Fsp3) is 0.360. The summed E-state index contributed by atoms with van der Waals surface area (Å²) in [7, 11) is 1.34. The Bertz CT molecular complexity index is 1220. The number of aryl methyl sites for hydroxylation is 2. The van der Waals surface area contributed by atoms with Crippen molar-refractivity contribution in [3.63, 3.8) is 0 Å². The standard InChI is InChI=1S/C25H28N2O6S/c1-14-10-17(23(30)32-7)8-9-19(14)27-15(2)11-18(16(27)3)12-20-22(29)26(24(31)34-20)13-21(28)33-25(4,5)6/h8-12H,13H2,1-7H3. The van der Waals surface area contributed by atoms with E-state index >= 15 is 0 Å². The molecule has 8 nitrogen and oxygen atoms in total. The molecule has 0 radical (unpaired) electrons. The molecule has 0 aliphatic carbocycles. The summed E-state index contributed by atoms with van der Waals surface area (Å²) in [6.45, 7) is 10.5. The van der Waals surface area contributed by atoms with Gasteiger partial charge in [0, 0.05) is 17.1 Å². The third-order valence-corrected chi connectivity index (χ3v) is 6.10. The summed E-state index contributed by atoms with van der Waals surface area (Å²) < 4.78 is 12.0. The van der Waals surface area contributed by atoms with Gasteiger partial charge in [0.2, 0.25) is 0 Å². The van der Waals surface area contributed by atoms with Crippen LogP contribution in [-0.2, 0) is 19.1 Å². The molecule has 1 aromatic carbocycles. The molecule has 2 aromatic rings. The highest BCUT2D eigenvalue weighted by molar-refractivity contribution is 8.18. The molecule has 1 aliphatic rings. The molecule has 0 saturated carbocycles. The van der Waals surface area contributed by atoms with E-state index in [1.807, 2.05) is 37.5 Å². The number of carbonyl (C=O) groups excluding carboxylic acids is 4. The maximum Gasteiger partial charge on any atom is 0.337 e. The van der Waals surface area contributed by atoms with Crippen LogP contribution in [0.15, 0.2) is 29.2 Å². The third kappa shape index (κ3) is 5.25. The van der Waals surface area contributed by atoms with Crippen LogP contribution in [0.25, 0.3) is 11.8 Å². The van der Waals surface area contributed by atoms with Gasteiger partial charge in [-0.05, 0) is 94.8 Å². The lowest BCUT2D eigenvalue weighted by Crippen LogP contribution is -2.37. The molecule has 2 amide bonds. The Morgan fingerprint density at radius 1 is 1.09 bits per heavy atom. The van der Waals surface area contributed by atoms with E-state index < -0.39 is 35.2 Å².